The van der Waals surface area contributed by atoms with Gasteiger partial charge in [-0.1, -0.05) is 24.3 Å². The molecule has 154 valence electrons. The fraction of sp³-hybridized carbons (Fsp3) is 0.316. The summed E-state index contributed by atoms with van der Waals surface area (Å²) >= 11 is 0. The zero-order valence-corrected chi connectivity index (χ0v) is 15.1. The Morgan fingerprint density at radius 1 is 1.04 bits per heavy atom. The summed E-state index contributed by atoms with van der Waals surface area (Å²) in [5.74, 6) is -1.11. The number of alkyl halides is 3. The molecule has 4 N–H and O–H groups in total. The van der Waals surface area contributed by atoms with Gasteiger partial charge in [0.15, 0.2) is 0 Å². The zero-order valence-electron chi connectivity index (χ0n) is 15.1. The van der Waals surface area contributed by atoms with Crippen LogP contribution >= 0.6 is 0 Å². The lowest BCUT2D eigenvalue weighted by Crippen LogP contribution is -2.26. The number of nitrogens with two attached hydrogens (primary N) is 1. The lowest BCUT2D eigenvalue weighted by Gasteiger charge is -2.10. The van der Waals surface area contributed by atoms with Crippen LogP contribution < -0.4 is 15.2 Å². The molecule has 9 heteroatoms. The minimum absolute atomic E-state index is 0.00424. The van der Waals surface area contributed by atoms with E-state index in [1.165, 1.54) is 0 Å². The highest BCUT2D eigenvalue weighted by atomic mass is 19.4. The van der Waals surface area contributed by atoms with Crippen molar-refractivity contribution in [1.82, 2.24) is 0 Å². The molecule has 1 atom stereocenters. The summed E-state index contributed by atoms with van der Waals surface area (Å²) in [6, 6.07) is 15.4. The topological polar surface area (TPSA) is 102 Å². The van der Waals surface area contributed by atoms with Crippen molar-refractivity contribution in [3.63, 3.8) is 0 Å². The van der Waals surface area contributed by atoms with E-state index in [0.29, 0.717) is 13.0 Å². The molecule has 28 heavy (non-hydrogen) atoms. The van der Waals surface area contributed by atoms with Gasteiger partial charge in [-0.2, -0.15) is 13.2 Å². The average molecular weight is 401 g/mol. The lowest BCUT2D eigenvalue weighted by atomic mass is 10.1. The zero-order chi connectivity index (χ0) is 21.2. The van der Waals surface area contributed by atoms with Gasteiger partial charge >= 0.3 is 12.1 Å². The predicted molar refractivity (Wildman–Crippen MR) is 96.2 cm³/mol. The van der Waals surface area contributed by atoms with E-state index >= 15 is 0 Å². The number of aliphatic hydroxyl groups excluding tert-OH is 1. The molecule has 0 spiro atoms. The van der Waals surface area contributed by atoms with Gasteiger partial charge in [-0.05, 0) is 41.8 Å². The summed E-state index contributed by atoms with van der Waals surface area (Å²) < 4.78 is 42.6. The number of ether oxygens (including phenoxy) is 2. The van der Waals surface area contributed by atoms with Crippen molar-refractivity contribution in [2.24, 2.45) is 5.73 Å². The molecule has 0 amide bonds. The molecule has 0 bridgehead atoms. The highest BCUT2D eigenvalue weighted by Crippen LogP contribution is 2.17. The van der Waals surface area contributed by atoms with E-state index in [9.17, 15) is 13.2 Å². The van der Waals surface area contributed by atoms with Crippen LogP contribution in [0.2, 0.25) is 0 Å². The van der Waals surface area contributed by atoms with Crippen LogP contribution in [0.3, 0.4) is 0 Å². The van der Waals surface area contributed by atoms with Gasteiger partial charge in [0.05, 0.1) is 13.7 Å². The van der Waals surface area contributed by atoms with E-state index < -0.39 is 12.1 Å². The van der Waals surface area contributed by atoms with Crippen molar-refractivity contribution in [2.75, 3.05) is 13.7 Å². The number of carboxylic acids is 1. The molecule has 0 saturated heterocycles. The van der Waals surface area contributed by atoms with Crippen LogP contribution in [0.25, 0.3) is 0 Å². The van der Waals surface area contributed by atoms with E-state index in [2.05, 4.69) is 0 Å². The smallest absolute Gasteiger partial charge is 0.490 e. The molecule has 0 unspecified atom stereocenters. The van der Waals surface area contributed by atoms with Gasteiger partial charge in [-0.3, -0.25) is 0 Å². The van der Waals surface area contributed by atoms with Crippen LogP contribution in [0.15, 0.2) is 48.5 Å². The molecule has 0 aliphatic heterocycles. The first-order valence-corrected chi connectivity index (χ1v) is 8.17. The average Bonchev–Trinajstić information content (AvgIpc) is 2.67. The molecular weight excluding hydrogens is 379 g/mol. The second-order valence-electron chi connectivity index (χ2n) is 5.73. The normalized spacial score (nSPS) is 11.8. The highest BCUT2D eigenvalue weighted by Gasteiger charge is 2.38. The number of rotatable bonds is 7. The van der Waals surface area contributed by atoms with E-state index in [4.69, 9.17) is 30.2 Å². The number of benzene rings is 2. The highest BCUT2D eigenvalue weighted by molar-refractivity contribution is 5.73. The summed E-state index contributed by atoms with van der Waals surface area (Å²) in [5, 5.41) is 16.1. The summed E-state index contributed by atoms with van der Waals surface area (Å²) in [5.41, 5.74) is 7.89. The van der Waals surface area contributed by atoms with Crippen LogP contribution in [0.4, 0.5) is 13.2 Å². The molecule has 2 aromatic rings. The number of aliphatic carboxylic acids is 1. The molecule has 0 aliphatic rings. The Morgan fingerprint density at radius 3 is 1.93 bits per heavy atom. The number of carboxylic acid groups (broad SMARTS) is 1. The SMILES string of the molecule is COc1ccc(COc2ccc(C[C@H](N)CO)cc2)cc1.O=C(O)C(F)(F)F. The fourth-order valence-electron chi connectivity index (χ4n) is 1.98. The van der Waals surface area contributed by atoms with Crippen molar-refractivity contribution in [3.8, 4) is 11.5 Å². The number of methoxy groups -OCH3 is 1. The Balaban J connectivity index is 0.000000480. The van der Waals surface area contributed by atoms with E-state index in [1.54, 1.807) is 7.11 Å². The maximum Gasteiger partial charge on any atom is 0.490 e. The monoisotopic (exact) mass is 401 g/mol. The predicted octanol–water partition coefficient (Wildman–Crippen LogP) is 2.77. The van der Waals surface area contributed by atoms with E-state index in [1.807, 2.05) is 48.5 Å². The maximum atomic E-state index is 10.6. The van der Waals surface area contributed by atoms with Crippen LogP contribution in [0.1, 0.15) is 11.1 Å². The molecule has 0 aromatic heterocycles. The van der Waals surface area contributed by atoms with Crippen LogP contribution in [-0.4, -0.2) is 42.1 Å². The Morgan fingerprint density at radius 2 is 1.50 bits per heavy atom. The minimum atomic E-state index is -5.08. The quantitative estimate of drug-likeness (QED) is 0.660. The van der Waals surface area contributed by atoms with Crippen LogP contribution in [-0.2, 0) is 17.8 Å². The Kier molecular flexibility index (Phi) is 9.26. The van der Waals surface area contributed by atoms with Gasteiger partial charge in [0.25, 0.3) is 0 Å². The van der Waals surface area contributed by atoms with Crippen molar-refractivity contribution >= 4 is 5.97 Å². The van der Waals surface area contributed by atoms with Gasteiger partial charge in [-0.25, -0.2) is 4.79 Å². The molecule has 0 aliphatic carbocycles. The molecule has 2 rings (SSSR count). The summed E-state index contributed by atoms with van der Waals surface area (Å²) in [6.07, 6.45) is -4.42. The third kappa shape index (κ3) is 8.74. The van der Waals surface area contributed by atoms with Crippen molar-refractivity contribution in [2.45, 2.75) is 25.2 Å². The molecule has 0 saturated carbocycles. The standard InChI is InChI=1S/C17H21NO3.C2HF3O2/c1-20-16-6-4-14(5-7-16)12-21-17-8-2-13(3-9-17)10-15(18)11-19;3-2(4,5)1(6)7/h2-9,15,19H,10-12,18H2,1H3;(H,6,7)/t15-;/m0./s1. The first kappa shape index (κ1) is 23.3. The second kappa shape index (κ2) is 11.2. The van der Waals surface area contributed by atoms with Crippen molar-refractivity contribution in [3.05, 3.63) is 59.7 Å². The third-order valence-electron chi connectivity index (χ3n) is 3.46. The lowest BCUT2D eigenvalue weighted by molar-refractivity contribution is -0.192. The van der Waals surface area contributed by atoms with Gasteiger partial charge in [0.2, 0.25) is 0 Å². The Labute approximate surface area is 160 Å². The van der Waals surface area contributed by atoms with Crippen molar-refractivity contribution < 1.29 is 37.7 Å². The molecule has 0 fully saturated rings. The van der Waals surface area contributed by atoms with Crippen LogP contribution in [0.5, 0.6) is 11.5 Å². The first-order chi connectivity index (χ1) is 13.2. The molecule has 2 aromatic carbocycles. The Bertz CT molecular complexity index is 718. The fourth-order valence-corrected chi connectivity index (χ4v) is 1.98. The number of carbonyl (C=O) groups is 1. The van der Waals surface area contributed by atoms with E-state index in [0.717, 1.165) is 22.6 Å². The number of hydrogen-bond acceptors (Lipinski definition) is 5. The molecular formula is C19H22F3NO5. The van der Waals surface area contributed by atoms with Crippen molar-refractivity contribution in [1.29, 1.82) is 0 Å². The molecule has 0 heterocycles. The van der Waals surface area contributed by atoms with Gasteiger partial charge < -0.3 is 25.4 Å². The largest absolute Gasteiger partial charge is 0.497 e. The Hall–Kier alpha value is -2.78. The number of halogens is 3. The summed E-state index contributed by atoms with van der Waals surface area (Å²) in [7, 11) is 1.65. The second-order valence-corrected chi connectivity index (χ2v) is 5.73. The molecule has 0 radical (unpaired) electrons. The van der Waals surface area contributed by atoms with Crippen LogP contribution in [0, 0.1) is 0 Å². The van der Waals surface area contributed by atoms with Gasteiger partial charge in [0.1, 0.15) is 18.1 Å². The third-order valence-corrected chi connectivity index (χ3v) is 3.46. The summed E-state index contributed by atoms with van der Waals surface area (Å²) in [6.45, 7) is 0.509. The van der Waals surface area contributed by atoms with Gasteiger partial charge in [0, 0.05) is 6.04 Å². The number of hydrogen-bond donors (Lipinski definition) is 3. The summed E-state index contributed by atoms with van der Waals surface area (Å²) in [4.78, 5) is 8.90. The number of aliphatic hydroxyl groups is 1. The molecule has 6 nitrogen and oxygen atoms in total. The van der Waals surface area contributed by atoms with Gasteiger partial charge in [-0.15, -0.1) is 0 Å². The maximum absolute atomic E-state index is 10.6. The first-order valence-electron chi connectivity index (χ1n) is 8.17. The minimum Gasteiger partial charge on any atom is -0.497 e. The van der Waals surface area contributed by atoms with E-state index in [-0.39, 0.29) is 12.6 Å².